The van der Waals surface area contributed by atoms with Crippen LogP contribution in [0.3, 0.4) is 0 Å². The number of nitrogens with one attached hydrogen (secondary N) is 2. The number of benzene rings is 1. The van der Waals surface area contributed by atoms with E-state index in [9.17, 15) is 29.1 Å². The van der Waals surface area contributed by atoms with Crippen molar-refractivity contribution in [3.8, 4) is 0 Å². The van der Waals surface area contributed by atoms with Crippen molar-refractivity contribution < 1.29 is 33.8 Å². The van der Waals surface area contributed by atoms with Gasteiger partial charge in [-0.1, -0.05) is 77.8 Å². The Hall–Kier alpha value is -3.84. The summed E-state index contributed by atoms with van der Waals surface area (Å²) >= 11 is 1.20. The third-order valence-corrected chi connectivity index (χ3v) is 11.9. The van der Waals surface area contributed by atoms with Gasteiger partial charge in [-0.25, -0.2) is 4.98 Å². The van der Waals surface area contributed by atoms with Crippen LogP contribution in [0.2, 0.25) is 0 Å². The van der Waals surface area contributed by atoms with Gasteiger partial charge in [0.05, 0.1) is 12.0 Å². The van der Waals surface area contributed by atoms with Crippen molar-refractivity contribution in [1.29, 1.82) is 0 Å². The summed E-state index contributed by atoms with van der Waals surface area (Å²) in [5, 5.41) is 17.9. The van der Waals surface area contributed by atoms with Gasteiger partial charge in [-0.3, -0.25) is 28.9 Å². The van der Waals surface area contributed by atoms with Crippen LogP contribution < -0.4 is 10.6 Å². The molecule has 3 amide bonds. The van der Waals surface area contributed by atoms with Crippen LogP contribution in [0.1, 0.15) is 120 Å². The first-order valence-electron chi connectivity index (χ1n) is 18.6. The van der Waals surface area contributed by atoms with Crippen molar-refractivity contribution in [3.63, 3.8) is 0 Å². The Kier molecular flexibility index (Phi) is 14.0. The fourth-order valence-corrected chi connectivity index (χ4v) is 8.36. The molecule has 1 saturated carbocycles. The van der Waals surface area contributed by atoms with Crippen molar-refractivity contribution in [2.45, 2.75) is 122 Å². The molecule has 1 aromatic carbocycles. The van der Waals surface area contributed by atoms with E-state index in [0.29, 0.717) is 17.8 Å². The van der Waals surface area contributed by atoms with Gasteiger partial charge in [-0.05, 0) is 56.7 Å². The van der Waals surface area contributed by atoms with Gasteiger partial charge in [0, 0.05) is 43.3 Å². The molecule has 2 aliphatic rings. The van der Waals surface area contributed by atoms with Crippen LogP contribution in [0, 0.1) is 17.8 Å². The average Bonchev–Trinajstić information content (AvgIpc) is 3.56. The maximum atomic E-state index is 14.2. The van der Waals surface area contributed by atoms with Crippen LogP contribution in [0.25, 0.3) is 0 Å². The molecule has 2 aromatic rings. The molecule has 286 valence electrons. The highest BCUT2D eigenvalue weighted by Gasteiger charge is 2.57. The van der Waals surface area contributed by atoms with Crippen LogP contribution in [-0.2, 0) is 23.9 Å². The van der Waals surface area contributed by atoms with Gasteiger partial charge in [0.15, 0.2) is 6.10 Å². The molecular weight excluding hydrogens is 683 g/mol. The average molecular weight is 740 g/mol. The van der Waals surface area contributed by atoms with Crippen LogP contribution in [0.15, 0.2) is 35.7 Å². The zero-order valence-electron chi connectivity index (χ0n) is 31.9. The lowest BCUT2D eigenvalue weighted by molar-refractivity contribution is -0.149. The van der Waals surface area contributed by atoms with Crippen LogP contribution >= 0.6 is 11.3 Å². The molecule has 8 atom stereocenters. The van der Waals surface area contributed by atoms with Crippen LogP contribution in [-0.4, -0.2) is 93.9 Å². The monoisotopic (exact) mass is 739 g/mol. The molecule has 1 aliphatic heterocycles. The molecule has 2 heterocycles. The van der Waals surface area contributed by atoms with Gasteiger partial charge >= 0.3 is 11.9 Å². The number of ether oxygens (including phenoxy) is 1. The molecule has 1 saturated heterocycles. The number of likely N-dealkylation sites (N-methyl/N-ethyl adjacent to an activating group) is 2. The SMILES string of the molecule is CCC(C)[C@H](NC(=O)[C@H]1CCCCN1C)C(=O)N(C)[C@H](C[C@H](OC(C)=O)c1nc(C(=O)NC2(C[C@H](C)C(=O)O)C[C@H]2c2ccccc2)cs1)C(C)C. The van der Waals surface area contributed by atoms with E-state index < -0.39 is 47.5 Å². The van der Waals surface area contributed by atoms with Gasteiger partial charge in [0.25, 0.3) is 5.91 Å². The normalized spacial score (nSPS) is 23.1. The zero-order valence-corrected chi connectivity index (χ0v) is 32.7. The maximum Gasteiger partial charge on any atom is 0.306 e. The van der Waals surface area contributed by atoms with Gasteiger partial charge in [-0.15, -0.1) is 11.3 Å². The van der Waals surface area contributed by atoms with Gasteiger partial charge in [-0.2, -0.15) is 0 Å². The van der Waals surface area contributed by atoms with Crippen molar-refractivity contribution in [1.82, 2.24) is 25.4 Å². The molecule has 2 fully saturated rings. The first-order valence-corrected chi connectivity index (χ1v) is 19.5. The fraction of sp³-hybridized carbons (Fsp3) is 0.641. The Morgan fingerprint density at radius 1 is 1.12 bits per heavy atom. The third-order valence-electron chi connectivity index (χ3n) is 11.0. The van der Waals surface area contributed by atoms with E-state index in [1.807, 2.05) is 70.0 Å². The van der Waals surface area contributed by atoms with E-state index in [2.05, 4.69) is 15.6 Å². The minimum absolute atomic E-state index is 0.0289. The van der Waals surface area contributed by atoms with E-state index in [1.165, 1.54) is 18.3 Å². The first kappa shape index (κ1) is 40.9. The van der Waals surface area contributed by atoms with E-state index in [4.69, 9.17) is 4.74 Å². The first-order chi connectivity index (χ1) is 24.6. The van der Waals surface area contributed by atoms with E-state index in [0.717, 1.165) is 31.4 Å². The molecule has 0 spiro atoms. The number of carboxylic acids is 1. The van der Waals surface area contributed by atoms with Crippen LogP contribution in [0.5, 0.6) is 0 Å². The lowest BCUT2D eigenvalue weighted by Gasteiger charge is -2.38. The number of hydrogen-bond acceptors (Lipinski definition) is 9. The summed E-state index contributed by atoms with van der Waals surface area (Å²) in [5.41, 5.74) is 0.454. The lowest BCUT2D eigenvalue weighted by Crippen LogP contribution is -2.58. The molecule has 2 unspecified atom stereocenters. The Bertz CT molecular complexity index is 1570. The molecule has 0 radical (unpaired) electrons. The topological polar surface area (TPSA) is 158 Å². The Morgan fingerprint density at radius 3 is 2.40 bits per heavy atom. The number of likely N-dealkylation sites (tertiary alicyclic amines) is 1. The van der Waals surface area contributed by atoms with Gasteiger partial charge in [0.1, 0.15) is 16.7 Å². The van der Waals surface area contributed by atoms with Crippen LogP contribution in [0.4, 0.5) is 0 Å². The summed E-state index contributed by atoms with van der Waals surface area (Å²) in [7, 11) is 3.67. The molecule has 12 nitrogen and oxygen atoms in total. The largest absolute Gasteiger partial charge is 0.481 e. The standard InChI is InChI=1S/C39H57N5O7S/c1-9-24(4)33(41-35(47)30-17-13-14-18-43(30)7)37(48)44(8)31(23(2)3)19-32(51-26(6)45)36-40-29(22-52-36)34(46)42-39(20-25(5)38(49)50)21-28(39)27-15-11-10-12-16-27/h10-12,15-16,22-25,28,30-33H,9,13-14,17-21H2,1-8H3,(H,41,47)(H,42,46)(H,49,50)/t24?,25-,28-,30+,31+,32-,33-,39?/m0/s1. The number of carbonyl (C=O) groups is 5. The number of hydrogen-bond donors (Lipinski definition) is 3. The summed E-state index contributed by atoms with van der Waals surface area (Å²) < 4.78 is 5.79. The number of carboxylic acid groups (broad SMARTS) is 1. The molecule has 13 heteroatoms. The second kappa shape index (κ2) is 17.8. The molecule has 3 N–H and O–H groups in total. The minimum atomic E-state index is -0.926. The Balaban J connectivity index is 1.53. The second-order valence-electron chi connectivity index (χ2n) is 15.3. The fourth-order valence-electron chi connectivity index (χ4n) is 7.52. The maximum absolute atomic E-state index is 14.2. The summed E-state index contributed by atoms with van der Waals surface area (Å²) in [6.07, 6.45) is 3.74. The smallest absolute Gasteiger partial charge is 0.306 e. The third kappa shape index (κ3) is 9.97. The number of esters is 1. The number of rotatable bonds is 17. The number of aliphatic carboxylic acids is 1. The van der Waals surface area contributed by atoms with Gasteiger partial charge in [0.2, 0.25) is 11.8 Å². The quantitative estimate of drug-likeness (QED) is 0.181. The predicted molar refractivity (Wildman–Crippen MR) is 200 cm³/mol. The van der Waals surface area contributed by atoms with E-state index in [1.54, 1.807) is 24.3 Å². The number of piperidine rings is 1. The lowest BCUT2D eigenvalue weighted by atomic mass is 9.92. The molecule has 52 heavy (non-hydrogen) atoms. The summed E-state index contributed by atoms with van der Waals surface area (Å²) in [6, 6.07) is 8.34. The number of nitrogens with zero attached hydrogens (tertiary/aromatic N) is 3. The number of aromatic nitrogens is 1. The molecule has 1 aliphatic carbocycles. The zero-order chi connectivity index (χ0) is 38.3. The number of thiazole rings is 1. The molecule has 0 bridgehead atoms. The number of amides is 3. The van der Waals surface area contributed by atoms with Crippen molar-refractivity contribution >= 4 is 41.0 Å². The summed E-state index contributed by atoms with van der Waals surface area (Å²) in [5.74, 6) is -3.07. The highest BCUT2D eigenvalue weighted by Crippen LogP contribution is 2.55. The Morgan fingerprint density at radius 2 is 1.81 bits per heavy atom. The minimum Gasteiger partial charge on any atom is -0.481 e. The summed E-state index contributed by atoms with van der Waals surface area (Å²) in [6.45, 7) is 11.7. The van der Waals surface area contributed by atoms with Gasteiger partial charge < -0.3 is 25.4 Å². The molecule has 4 rings (SSSR count). The second-order valence-corrected chi connectivity index (χ2v) is 16.1. The molecule has 1 aromatic heterocycles. The van der Waals surface area contributed by atoms with Crippen molar-refractivity contribution in [2.75, 3.05) is 20.6 Å². The highest BCUT2D eigenvalue weighted by molar-refractivity contribution is 7.09. The Labute approximate surface area is 312 Å². The molecular formula is C39H57N5O7S. The predicted octanol–water partition coefficient (Wildman–Crippen LogP) is 5.40. The summed E-state index contributed by atoms with van der Waals surface area (Å²) in [4.78, 5) is 73.8. The van der Waals surface area contributed by atoms with Crippen molar-refractivity contribution in [2.24, 2.45) is 17.8 Å². The van der Waals surface area contributed by atoms with Crippen molar-refractivity contribution in [3.05, 3.63) is 52.0 Å². The highest BCUT2D eigenvalue weighted by atomic mass is 32.1. The van der Waals surface area contributed by atoms with E-state index >= 15 is 0 Å². The number of carbonyl (C=O) groups excluding carboxylic acids is 4. The van der Waals surface area contributed by atoms with E-state index in [-0.39, 0.29) is 54.1 Å².